The molecule has 2 aromatic heterocycles. The molecule has 3 heterocycles. The summed E-state index contributed by atoms with van der Waals surface area (Å²) < 4.78 is 2.22. The van der Waals surface area contributed by atoms with E-state index in [1.807, 2.05) is 0 Å². The summed E-state index contributed by atoms with van der Waals surface area (Å²) in [7, 11) is -2.94. The average Bonchev–Trinajstić information content (AvgIpc) is 4.13. The molecule has 76 heavy (non-hydrogen) atoms. The highest BCUT2D eigenvalue weighted by Gasteiger charge is 2.47. The summed E-state index contributed by atoms with van der Waals surface area (Å²) in [5.41, 5.74) is 13.9. The van der Waals surface area contributed by atoms with Crippen molar-refractivity contribution in [1.82, 2.24) is 19.5 Å². The van der Waals surface area contributed by atoms with Gasteiger partial charge in [0.05, 0.1) is 16.4 Å². The molecule has 2 aliphatic rings. The van der Waals surface area contributed by atoms with Gasteiger partial charge in [-0.3, -0.25) is 9.47 Å². The van der Waals surface area contributed by atoms with Gasteiger partial charge in [-0.2, -0.15) is 25.3 Å². The molecule has 0 spiro atoms. The van der Waals surface area contributed by atoms with Crippen LogP contribution in [-0.4, -0.2) is 27.6 Å². The van der Waals surface area contributed by atoms with E-state index >= 15 is 0 Å². The summed E-state index contributed by atoms with van der Waals surface area (Å²) in [4.78, 5) is 19.4. The second-order valence-corrected chi connectivity index (χ2v) is 23.5. The molecular formula is C70H47N5Si-. The Hall–Kier alpha value is -9.75. The van der Waals surface area contributed by atoms with E-state index in [0.717, 1.165) is 49.9 Å². The Labute approximate surface area is 442 Å². The van der Waals surface area contributed by atoms with Crippen molar-refractivity contribution in [2.24, 2.45) is 0 Å². The van der Waals surface area contributed by atoms with Crippen LogP contribution in [0.2, 0.25) is 0 Å². The third kappa shape index (κ3) is 6.28. The summed E-state index contributed by atoms with van der Waals surface area (Å²) in [6, 6.07) is 104. The van der Waals surface area contributed by atoms with Crippen LogP contribution in [0.3, 0.4) is 0 Å². The first kappa shape index (κ1) is 43.8. The standard InChI is InChI=1S/C70H47N5Si/c1-4-26-48(27-5-1)70(59-40-18-13-34-53(59)54-35-14-19-41-60(54)70)58-39-17-12-33-52(58)51-32-10-11-38-57(51)67-71-68(74-61-42-20-15-36-55(61)56-37-16-21-43-62(56)74)73-69(72-67)75-63-44-22-24-46-65(63)76(49-28-6-2-7-29-49,50-30-8-3-9-31-50)66-47-25-23-45-64(66)75/h1-47H/q-1. The number of nitrogens with zero attached hydrogens (tertiary/aromatic N) is 5. The van der Waals surface area contributed by atoms with Gasteiger partial charge in [0.2, 0.25) is 11.9 Å². The highest BCUT2D eigenvalue weighted by molar-refractivity contribution is 7.21. The van der Waals surface area contributed by atoms with Crippen molar-refractivity contribution in [3.05, 3.63) is 307 Å². The molecule has 15 rings (SSSR count). The summed E-state index contributed by atoms with van der Waals surface area (Å²) in [6.45, 7) is 0. The molecule has 11 aromatic carbocycles. The maximum atomic E-state index is 5.75. The first-order chi connectivity index (χ1) is 37.7. The zero-order chi connectivity index (χ0) is 50.2. The smallest absolute Gasteiger partial charge is 0.240 e. The Balaban J connectivity index is 1.02. The Kier molecular flexibility index (Phi) is 10.1. The molecule has 0 amide bonds. The Bertz CT molecular complexity index is 4190. The zero-order valence-corrected chi connectivity index (χ0v) is 42.4. The largest absolute Gasteiger partial charge is 0.285 e. The Morgan fingerprint density at radius 3 is 1.21 bits per heavy atom. The highest BCUT2D eigenvalue weighted by atomic mass is 28.3. The fourth-order valence-electron chi connectivity index (χ4n) is 13.1. The van der Waals surface area contributed by atoms with Crippen LogP contribution in [0, 0.1) is 0 Å². The molecule has 1 aliphatic carbocycles. The van der Waals surface area contributed by atoms with Crippen LogP contribution >= 0.6 is 0 Å². The fourth-order valence-corrected chi connectivity index (χ4v) is 18.2. The van der Waals surface area contributed by atoms with Crippen molar-refractivity contribution < 1.29 is 0 Å². The minimum Gasteiger partial charge on any atom is -0.285 e. The maximum Gasteiger partial charge on any atom is 0.240 e. The second kappa shape index (κ2) is 17.4. The monoisotopic (exact) mass is 985 g/mol. The zero-order valence-electron chi connectivity index (χ0n) is 41.4. The lowest BCUT2D eigenvalue weighted by Crippen LogP contribution is -2.77. The van der Waals surface area contributed by atoms with E-state index < -0.39 is 13.5 Å². The molecular weight excluding hydrogens is 939 g/mol. The van der Waals surface area contributed by atoms with E-state index in [1.165, 1.54) is 54.1 Å². The topological polar surface area (TPSA) is 46.8 Å². The van der Waals surface area contributed by atoms with Crippen LogP contribution in [0.4, 0.5) is 17.3 Å². The SMILES string of the molecule is c1ccc(C2(c3ccccc3-c3ccccc3-c3nc(N4c5ccccc5[Si-](c5ccccc5)(c5ccccc5)c5ccccc54)nc(-n4c5ccccc5c5ccccc54)n3)c3ccccc3-c3ccccc32)cc1. The van der Waals surface area contributed by atoms with Crippen LogP contribution in [0.15, 0.2) is 285 Å². The van der Waals surface area contributed by atoms with Crippen LogP contribution in [0.5, 0.6) is 0 Å². The summed E-state index contributed by atoms with van der Waals surface area (Å²) in [6.07, 6.45) is 0. The molecule has 0 saturated heterocycles. The van der Waals surface area contributed by atoms with E-state index in [-0.39, 0.29) is 0 Å². The van der Waals surface area contributed by atoms with Crippen molar-refractivity contribution in [2.45, 2.75) is 5.41 Å². The van der Waals surface area contributed by atoms with E-state index in [2.05, 4.69) is 295 Å². The lowest BCUT2D eigenvalue weighted by Gasteiger charge is -2.54. The van der Waals surface area contributed by atoms with Crippen molar-refractivity contribution in [3.8, 4) is 39.6 Å². The Morgan fingerprint density at radius 2 is 0.684 bits per heavy atom. The Morgan fingerprint density at radius 1 is 0.303 bits per heavy atom. The molecule has 1 aliphatic heterocycles. The molecule has 0 bridgehead atoms. The van der Waals surface area contributed by atoms with Crippen LogP contribution < -0.4 is 25.6 Å². The molecule has 0 atom stereocenters. The van der Waals surface area contributed by atoms with Gasteiger partial charge < -0.3 is 0 Å². The van der Waals surface area contributed by atoms with E-state index in [1.54, 1.807) is 0 Å². The number of benzene rings is 11. The van der Waals surface area contributed by atoms with Gasteiger partial charge in [0.15, 0.2) is 5.82 Å². The molecule has 0 fully saturated rings. The van der Waals surface area contributed by atoms with Gasteiger partial charge in [0.25, 0.3) is 0 Å². The lowest BCUT2D eigenvalue weighted by atomic mass is 9.65. The van der Waals surface area contributed by atoms with Crippen LogP contribution in [0.25, 0.3) is 61.4 Å². The predicted molar refractivity (Wildman–Crippen MR) is 314 cm³/mol. The first-order valence-electron chi connectivity index (χ1n) is 26.0. The first-order valence-corrected chi connectivity index (χ1v) is 28.0. The maximum absolute atomic E-state index is 5.75. The molecule has 357 valence electrons. The van der Waals surface area contributed by atoms with Gasteiger partial charge in [0, 0.05) is 27.7 Å². The molecule has 13 aromatic rings. The molecule has 0 N–H and O–H groups in total. The van der Waals surface area contributed by atoms with Gasteiger partial charge >= 0.3 is 0 Å². The van der Waals surface area contributed by atoms with Crippen molar-refractivity contribution in [2.75, 3.05) is 4.90 Å². The number of para-hydroxylation sites is 4. The van der Waals surface area contributed by atoms with Crippen molar-refractivity contribution >= 4 is 67.9 Å². The van der Waals surface area contributed by atoms with Gasteiger partial charge in [0.1, 0.15) is 0 Å². The number of aromatic nitrogens is 4. The van der Waals surface area contributed by atoms with E-state index in [9.17, 15) is 0 Å². The van der Waals surface area contributed by atoms with Crippen LogP contribution in [-0.2, 0) is 5.41 Å². The molecule has 0 radical (unpaired) electrons. The number of hydrogen-bond donors (Lipinski definition) is 0. The number of fused-ring (bicyclic) bond motifs is 8. The summed E-state index contributed by atoms with van der Waals surface area (Å²) in [5, 5.41) is 7.44. The lowest BCUT2D eigenvalue weighted by molar-refractivity contribution is 0.770. The van der Waals surface area contributed by atoms with Crippen molar-refractivity contribution in [1.29, 1.82) is 0 Å². The van der Waals surface area contributed by atoms with Gasteiger partial charge in [-0.05, 0) is 76.8 Å². The number of hydrogen-bond acceptors (Lipinski definition) is 4. The predicted octanol–water partition coefficient (Wildman–Crippen LogP) is 13.8. The second-order valence-electron chi connectivity index (χ2n) is 19.8. The quantitative estimate of drug-likeness (QED) is 0.142. The molecule has 5 nitrogen and oxygen atoms in total. The van der Waals surface area contributed by atoms with Gasteiger partial charge in [-0.15, -0.1) is 10.4 Å². The number of anilines is 3. The third-order valence-corrected chi connectivity index (χ3v) is 20.9. The highest BCUT2D eigenvalue weighted by Crippen LogP contribution is 2.58. The fraction of sp³-hybridized carbons (Fsp3) is 0.0143. The third-order valence-electron chi connectivity index (χ3n) is 16.1. The number of rotatable bonds is 8. The minimum atomic E-state index is -2.94. The molecule has 0 unspecified atom stereocenters. The average molecular weight is 986 g/mol. The van der Waals surface area contributed by atoms with E-state index in [4.69, 9.17) is 15.0 Å². The van der Waals surface area contributed by atoms with Gasteiger partial charge in [-0.25, -0.2) is 0 Å². The van der Waals surface area contributed by atoms with Crippen molar-refractivity contribution in [3.63, 3.8) is 0 Å². The normalized spacial score (nSPS) is 13.7. The molecule has 6 heteroatoms. The van der Waals surface area contributed by atoms with Crippen LogP contribution in [0.1, 0.15) is 22.3 Å². The molecule has 0 saturated carbocycles. The minimum absolute atomic E-state index is 0.535. The van der Waals surface area contributed by atoms with Gasteiger partial charge in [-0.1, -0.05) is 261 Å². The van der Waals surface area contributed by atoms with E-state index in [0.29, 0.717) is 17.7 Å². The summed E-state index contributed by atoms with van der Waals surface area (Å²) in [5.74, 6) is 1.64. The summed E-state index contributed by atoms with van der Waals surface area (Å²) >= 11 is 0.